The molecule has 0 amide bonds. The maximum absolute atomic E-state index is 10.2. The van der Waals surface area contributed by atoms with Gasteiger partial charge in [0.25, 0.3) is 0 Å². The summed E-state index contributed by atoms with van der Waals surface area (Å²) in [5.41, 5.74) is 3.55. The van der Waals surface area contributed by atoms with Gasteiger partial charge in [0.1, 0.15) is 5.69 Å². The van der Waals surface area contributed by atoms with Crippen LogP contribution in [0.2, 0.25) is 0 Å². The van der Waals surface area contributed by atoms with Crippen molar-refractivity contribution in [3.63, 3.8) is 0 Å². The molecule has 1 aromatic carbocycles. The summed E-state index contributed by atoms with van der Waals surface area (Å²) in [5, 5.41) is 14.6. The maximum Gasteiger partial charge on any atom is 0.160 e. The van der Waals surface area contributed by atoms with E-state index in [4.69, 9.17) is 0 Å². The monoisotopic (exact) mass is 244 g/mol. The van der Waals surface area contributed by atoms with Gasteiger partial charge in [-0.25, -0.2) is 4.68 Å². The molecule has 0 spiro atoms. The van der Waals surface area contributed by atoms with E-state index < -0.39 is 0 Å². The molecule has 0 bridgehead atoms. The average Bonchev–Trinajstić information content (AvgIpc) is 2.56. The number of aromatic nitrogens is 2. The Morgan fingerprint density at radius 3 is 2.11 bits per heavy atom. The fraction of sp³-hybridized carbons (Fsp3) is 0.400. The van der Waals surface area contributed by atoms with E-state index >= 15 is 0 Å². The summed E-state index contributed by atoms with van der Waals surface area (Å²) in [6.45, 7) is 10.1. The Labute approximate surface area is 108 Å². The SMILES string of the molecule is Cc1ccc(-n2nc(C)c(O)c2C(C)(C)C)cc1. The molecule has 2 aromatic rings. The zero-order chi connectivity index (χ0) is 13.5. The standard InChI is InChI=1S/C15H20N2O/c1-10-6-8-12(9-7-10)17-14(15(3,4)5)13(18)11(2)16-17/h6-9,18H,1-5H3. The second-order valence-electron chi connectivity index (χ2n) is 5.78. The third-order valence-corrected chi connectivity index (χ3v) is 3.02. The molecule has 3 heteroatoms. The highest BCUT2D eigenvalue weighted by Gasteiger charge is 2.26. The summed E-state index contributed by atoms with van der Waals surface area (Å²) >= 11 is 0. The highest BCUT2D eigenvalue weighted by atomic mass is 16.3. The van der Waals surface area contributed by atoms with Crippen molar-refractivity contribution in [3.8, 4) is 11.4 Å². The molecule has 1 heterocycles. The van der Waals surface area contributed by atoms with Crippen LogP contribution in [0.3, 0.4) is 0 Å². The second-order valence-corrected chi connectivity index (χ2v) is 5.78. The Kier molecular flexibility index (Phi) is 2.93. The number of hydrogen-bond donors (Lipinski definition) is 1. The highest BCUT2D eigenvalue weighted by Crippen LogP contribution is 2.34. The van der Waals surface area contributed by atoms with Crippen molar-refractivity contribution in [3.05, 3.63) is 41.2 Å². The van der Waals surface area contributed by atoms with Gasteiger partial charge < -0.3 is 5.11 Å². The van der Waals surface area contributed by atoms with Crippen LogP contribution in [-0.2, 0) is 5.41 Å². The summed E-state index contributed by atoms with van der Waals surface area (Å²) in [5.74, 6) is 0.295. The lowest BCUT2D eigenvalue weighted by atomic mass is 9.91. The van der Waals surface area contributed by atoms with Crippen molar-refractivity contribution in [2.24, 2.45) is 0 Å². The van der Waals surface area contributed by atoms with Gasteiger partial charge >= 0.3 is 0 Å². The Morgan fingerprint density at radius 1 is 1.06 bits per heavy atom. The van der Waals surface area contributed by atoms with Gasteiger partial charge in [-0.2, -0.15) is 5.10 Å². The van der Waals surface area contributed by atoms with Crippen molar-refractivity contribution in [1.29, 1.82) is 0 Å². The van der Waals surface area contributed by atoms with Crippen LogP contribution in [0.5, 0.6) is 5.75 Å². The molecule has 1 N–H and O–H groups in total. The number of aromatic hydroxyl groups is 1. The van der Waals surface area contributed by atoms with Gasteiger partial charge in [-0.1, -0.05) is 38.5 Å². The Morgan fingerprint density at radius 2 is 1.61 bits per heavy atom. The second kappa shape index (κ2) is 4.16. The molecular formula is C15H20N2O. The first-order valence-electron chi connectivity index (χ1n) is 6.17. The van der Waals surface area contributed by atoms with Gasteiger partial charge in [0.05, 0.1) is 11.4 Å². The van der Waals surface area contributed by atoms with Crippen LogP contribution in [0.1, 0.15) is 37.7 Å². The van der Waals surface area contributed by atoms with E-state index in [0.717, 1.165) is 11.4 Å². The van der Waals surface area contributed by atoms with Crippen molar-refractivity contribution in [2.45, 2.75) is 40.0 Å². The molecule has 18 heavy (non-hydrogen) atoms. The summed E-state index contributed by atoms with van der Waals surface area (Å²) in [7, 11) is 0. The van der Waals surface area contributed by atoms with Crippen LogP contribution < -0.4 is 0 Å². The molecule has 0 unspecified atom stereocenters. The first-order chi connectivity index (χ1) is 8.30. The normalized spacial score (nSPS) is 11.8. The number of rotatable bonds is 1. The van der Waals surface area contributed by atoms with Gasteiger partial charge in [-0.3, -0.25) is 0 Å². The summed E-state index contributed by atoms with van der Waals surface area (Å²) < 4.78 is 1.84. The first-order valence-corrected chi connectivity index (χ1v) is 6.17. The molecule has 0 aliphatic rings. The van der Waals surface area contributed by atoms with E-state index in [1.165, 1.54) is 5.56 Å². The smallest absolute Gasteiger partial charge is 0.160 e. The third-order valence-electron chi connectivity index (χ3n) is 3.02. The van der Waals surface area contributed by atoms with Gasteiger partial charge in [0, 0.05) is 5.41 Å². The predicted octanol–water partition coefficient (Wildman–Crippen LogP) is 3.49. The van der Waals surface area contributed by atoms with Crippen molar-refractivity contribution in [2.75, 3.05) is 0 Å². The number of hydrogen-bond acceptors (Lipinski definition) is 2. The van der Waals surface area contributed by atoms with E-state index in [1.54, 1.807) is 0 Å². The third kappa shape index (κ3) is 2.13. The van der Waals surface area contributed by atoms with Crippen LogP contribution >= 0.6 is 0 Å². The molecule has 1 aromatic heterocycles. The van der Waals surface area contributed by atoms with E-state index in [1.807, 2.05) is 23.7 Å². The van der Waals surface area contributed by atoms with Crippen LogP contribution in [0.15, 0.2) is 24.3 Å². The van der Waals surface area contributed by atoms with Crippen LogP contribution in [-0.4, -0.2) is 14.9 Å². The fourth-order valence-corrected chi connectivity index (χ4v) is 2.06. The molecule has 2 rings (SSSR count). The molecule has 0 radical (unpaired) electrons. The number of aryl methyl sites for hydroxylation is 2. The largest absolute Gasteiger partial charge is 0.504 e. The summed E-state index contributed by atoms with van der Waals surface area (Å²) in [4.78, 5) is 0. The molecule has 96 valence electrons. The lowest BCUT2D eigenvalue weighted by Gasteiger charge is -2.20. The average molecular weight is 244 g/mol. The number of nitrogens with zero attached hydrogens (tertiary/aromatic N) is 2. The molecular weight excluding hydrogens is 224 g/mol. The van der Waals surface area contributed by atoms with Crippen molar-refractivity contribution < 1.29 is 5.11 Å². The molecule has 0 aliphatic carbocycles. The summed E-state index contributed by atoms with van der Waals surface area (Å²) in [6.07, 6.45) is 0. The Balaban J connectivity index is 2.65. The van der Waals surface area contributed by atoms with E-state index in [-0.39, 0.29) is 5.41 Å². The Hall–Kier alpha value is -1.77. The fourth-order valence-electron chi connectivity index (χ4n) is 2.06. The van der Waals surface area contributed by atoms with Crippen LogP contribution in [0.4, 0.5) is 0 Å². The van der Waals surface area contributed by atoms with Gasteiger partial charge in [-0.05, 0) is 26.0 Å². The highest BCUT2D eigenvalue weighted by molar-refractivity contribution is 5.44. The molecule has 0 atom stereocenters. The van der Waals surface area contributed by atoms with E-state index in [9.17, 15) is 5.11 Å². The van der Waals surface area contributed by atoms with Crippen LogP contribution in [0, 0.1) is 13.8 Å². The number of benzene rings is 1. The van der Waals surface area contributed by atoms with Crippen LogP contribution in [0.25, 0.3) is 5.69 Å². The summed E-state index contributed by atoms with van der Waals surface area (Å²) in [6, 6.07) is 8.15. The van der Waals surface area contributed by atoms with Crippen molar-refractivity contribution in [1.82, 2.24) is 9.78 Å². The lowest BCUT2D eigenvalue weighted by molar-refractivity contribution is 0.437. The predicted molar refractivity (Wildman–Crippen MR) is 73.4 cm³/mol. The van der Waals surface area contributed by atoms with Crippen molar-refractivity contribution >= 4 is 0 Å². The van der Waals surface area contributed by atoms with Gasteiger partial charge in [-0.15, -0.1) is 0 Å². The minimum absolute atomic E-state index is 0.157. The quantitative estimate of drug-likeness (QED) is 0.833. The van der Waals surface area contributed by atoms with E-state index in [0.29, 0.717) is 11.4 Å². The topological polar surface area (TPSA) is 38.0 Å². The van der Waals surface area contributed by atoms with Gasteiger partial charge in [0.15, 0.2) is 5.75 Å². The van der Waals surface area contributed by atoms with E-state index in [2.05, 4.69) is 44.9 Å². The maximum atomic E-state index is 10.2. The molecule has 0 saturated heterocycles. The minimum Gasteiger partial charge on any atom is -0.504 e. The minimum atomic E-state index is -0.157. The molecule has 0 saturated carbocycles. The first kappa shape index (κ1) is 12.7. The van der Waals surface area contributed by atoms with Gasteiger partial charge in [0.2, 0.25) is 0 Å². The zero-order valence-electron chi connectivity index (χ0n) is 11.7. The zero-order valence-corrected chi connectivity index (χ0v) is 11.7. The molecule has 0 fully saturated rings. The molecule has 0 aliphatic heterocycles. The Bertz CT molecular complexity index is 559. The molecule has 3 nitrogen and oxygen atoms in total. The lowest BCUT2D eigenvalue weighted by Crippen LogP contribution is -2.17.